The fourth-order valence-electron chi connectivity index (χ4n) is 2.02. The lowest BCUT2D eigenvalue weighted by molar-refractivity contribution is -0.132. The normalized spacial score (nSPS) is 11.7. The summed E-state index contributed by atoms with van der Waals surface area (Å²) in [7, 11) is 0. The highest BCUT2D eigenvalue weighted by molar-refractivity contribution is 5.76. The molecule has 0 fully saturated rings. The Kier molecular flexibility index (Phi) is 7.30. The summed E-state index contributed by atoms with van der Waals surface area (Å²) < 4.78 is 0. The third-order valence-corrected chi connectivity index (χ3v) is 3.04. The van der Waals surface area contributed by atoms with E-state index in [4.69, 9.17) is 11.0 Å². The van der Waals surface area contributed by atoms with E-state index in [1.54, 1.807) is 17.3 Å². The molecule has 1 heterocycles. The van der Waals surface area contributed by atoms with E-state index in [0.29, 0.717) is 25.9 Å². The molecule has 20 heavy (non-hydrogen) atoms. The van der Waals surface area contributed by atoms with Gasteiger partial charge < -0.3 is 10.6 Å². The number of nitrogens with zero attached hydrogens (tertiary/aromatic N) is 3. The number of nitriles is 1. The summed E-state index contributed by atoms with van der Waals surface area (Å²) in [6.45, 7) is 2.96. The van der Waals surface area contributed by atoms with Gasteiger partial charge in [-0.3, -0.25) is 9.78 Å². The molecule has 0 radical (unpaired) electrons. The van der Waals surface area contributed by atoms with Gasteiger partial charge in [-0.25, -0.2) is 0 Å². The topological polar surface area (TPSA) is 83.0 Å². The summed E-state index contributed by atoms with van der Waals surface area (Å²) in [5, 5.41) is 8.70. The Bertz CT molecular complexity index is 441. The maximum atomic E-state index is 12.3. The number of carbonyl (C=O) groups is 1. The fraction of sp³-hybridized carbons (Fsp3) is 0.533. The Hall–Kier alpha value is -1.93. The standard InChI is InChI=1S/C15H22N4O/c1-2-5-14(17)10-15(20)19(9-4-7-16)12-13-6-3-8-18-11-13/h3,6,8,11,14H,2,4-5,9-10,12,17H2,1H3. The van der Waals surface area contributed by atoms with Crippen molar-refractivity contribution in [3.05, 3.63) is 30.1 Å². The summed E-state index contributed by atoms with van der Waals surface area (Å²) in [5.74, 6) is 0.00468. The first-order valence-electron chi connectivity index (χ1n) is 6.96. The Labute approximate surface area is 120 Å². The van der Waals surface area contributed by atoms with Gasteiger partial charge in [0.25, 0.3) is 0 Å². The molecule has 0 bridgehead atoms. The van der Waals surface area contributed by atoms with Crippen LogP contribution in [-0.2, 0) is 11.3 Å². The quantitative estimate of drug-likeness (QED) is 0.784. The third kappa shape index (κ3) is 5.81. The zero-order valence-electron chi connectivity index (χ0n) is 12.0. The molecule has 0 aliphatic heterocycles. The second-order valence-electron chi connectivity index (χ2n) is 4.84. The highest BCUT2D eigenvalue weighted by Crippen LogP contribution is 2.08. The first-order valence-corrected chi connectivity index (χ1v) is 6.96. The van der Waals surface area contributed by atoms with Gasteiger partial charge in [0.05, 0.1) is 12.5 Å². The van der Waals surface area contributed by atoms with E-state index in [-0.39, 0.29) is 11.9 Å². The minimum atomic E-state index is -0.106. The summed E-state index contributed by atoms with van der Waals surface area (Å²) in [4.78, 5) is 18.0. The van der Waals surface area contributed by atoms with Gasteiger partial charge in [-0.15, -0.1) is 0 Å². The van der Waals surface area contributed by atoms with Gasteiger partial charge in [-0.05, 0) is 18.1 Å². The summed E-state index contributed by atoms with van der Waals surface area (Å²) in [6.07, 6.45) is 5.90. The maximum absolute atomic E-state index is 12.3. The van der Waals surface area contributed by atoms with Crippen LogP contribution in [0.3, 0.4) is 0 Å². The van der Waals surface area contributed by atoms with Crippen LogP contribution in [0.2, 0.25) is 0 Å². The molecule has 5 nitrogen and oxygen atoms in total. The van der Waals surface area contributed by atoms with Crippen molar-refractivity contribution >= 4 is 5.91 Å². The lowest BCUT2D eigenvalue weighted by atomic mass is 10.1. The van der Waals surface area contributed by atoms with E-state index >= 15 is 0 Å². The molecule has 1 amide bonds. The zero-order valence-corrected chi connectivity index (χ0v) is 12.0. The average Bonchev–Trinajstić information content (AvgIpc) is 2.44. The molecule has 0 aliphatic carbocycles. The third-order valence-electron chi connectivity index (χ3n) is 3.04. The molecule has 0 aliphatic rings. The second-order valence-corrected chi connectivity index (χ2v) is 4.84. The van der Waals surface area contributed by atoms with Crippen LogP contribution < -0.4 is 5.73 Å². The minimum Gasteiger partial charge on any atom is -0.337 e. The van der Waals surface area contributed by atoms with Crippen molar-refractivity contribution in [2.75, 3.05) is 6.54 Å². The monoisotopic (exact) mass is 274 g/mol. The van der Waals surface area contributed by atoms with Crippen LogP contribution in [0.5, 0.6) is 0 Å². The Balaban J connectivity index is 2.63. The molecule has 0 saturated heterocycles. The zero-order chi connectivity index (χ0) is 14.8. The van der Waals surface area contributed by atoms with Gasteiger partial charge in [-0.1, -0.05) is 19.4 Å². The van der Waals surface area contributed by atoms with Crippen LogP contribution in [0.1, 0.15) is 38.2 Å². The van der Waals surface area contributed by atoms with Crippen molar-refractivity contribution < 1.29 is 4.79 Å². The van der Waals surface area contributed by atoms with E-state index in [9.17, 15) is 4.79 Å². The summed E-state index contributed by atoms with van der Waals surface area (Å²) in [6, 6.07) is 5.73. The maximum Gasteiger partial charge on any atom is 0.224 e. The first kappa shape index (κ1) is 16.1. The molecule has 0 spiro atoms. The predicted octanol–water partition coefficient (Wildman–Crippen LogP) is 1.84. The molecule has 1 aromatic rings. The molecule has 1 atom stereocenters. The van der Waals surface area contributed by atoms with Crippen LogP contribution in [0.15, 0.2) is 24.5 Å². The molecular formula is C15H22N4O. The van der Waals surface area contributed by atoms with Gasteiger partial charge in [0, 0.05) is 37.9 Å². The lowest BCUT2D eigenvalue weighted by Crippen LogP contribution is -2.36. The number of pyridine rings is 1. The van der Waals surface area contributed by atoms with Gasteiger partial charge >= 0.3 is 0 Å². The molecule has 0 aromatic carbocycles. The van der Waals surface area contributed by atoms with Crippen molar-refractivity contribution in [2.45, 2.75) is 45.2 Å². The average molecular weight is 274 g/mol. The number of aromatic nitrogens is 1. The van der Waals surface area contributed by atoms with Crippen LogP contribution >= 0.6 is 0 Å². The smallest absolute Gasteiger partial charge is 0.224 e. The van der Waals surface area contributed by atoms with Crippen molar-refractivity contribution in [3.8, 4) is 6.07 Å². The first-order chi connectivity index (χ1) is 9.67. The Morgan fingerprint density at radius 2 is 2.40 bits per heavy atom. The molecule has 2 N–H and O–H groups in total. The number of amides is 1. The van der Waals surface area contributed by atoms with E-state index in [2.05, 4.69) is 11.1 Å². The molecule has 0 saturated carbocycles. The van der Waals surface area contributed by atoms with Gasteiger partial charge in [0.2, 0.25) is 5.91 Å². The Morgan fingerprint density at radius 1 is 1.60 bits per heavy atom. The number of hydrogen-bond donors (Lipinski definition) is 1. The molecular weight excluding hydrogens is 252 g/mol. The number of nitrogens with two attached hydrogens (primary N) is 1. The molecule has 1 aromatic heterocycles. The highest BCUT2D eigenvalue weighted by atomic mass is 16.2. The van der Waals surface area contributed by atoms with Crippen molar-refractivity contribution in [1.29, 1.82) is 5.26 Å². The highest BCUT2D eigenvalue weighted by Gasteiger charge is 2.16. The van der Waals surface area contributed by atoms with Crippen LogP contribution in [0, 0.1) is 11.3 Å². The summed E-state index contributed by atoms with van der Waals surface area (Å²) >= 11 is 0. The van der Waals surface area contributed by atoms with Crippen molar-refractivity contribution in [1.82, 2.24) is 9.88 Å². The van der Waals surface area contributed by atoms with Crippen LogP contribution in [-0.4, -0.2) is 28.4 Å². The Morgan fingerprint density at radius 3 is 3.00 bits per heavy atom. The molecule has 1 rings (SSSR count). The molecule has 108 valence electrons. The van der Waals surface area contributed by atoms with E-state index in [1.807, 2.05) is 19.1 Å². The number of rotatable bonds is 8. The predicted molar refractivity (Wildman–Crippen MR) is 77.4 cm³/mol. The number of carbonyl (C=O) groups excluding carboxylic acids is 1. The largest absolute Gasteiger partial charge is 0.337 e. The van der Waals surface area contributed by atoms with Gasteiger partial charge in [0.15, 0.2) is 0 Å². The van der Waals surface area contributed by atoms with Crippen LogP contribution in [0.25, 0.3) is 0 Å². The van der Waals surface area contributed by atoms with E-state index in [1.165, 1.54) is 0 Å². The summed E-state index contributed by atoms with van der Waals surface area (Å²) in [5.41, 5.74) is 6.88. The van der Waals surface area contributed by atoms with Gasteiger partial charge in [-0.2, -0.15) is 5.26 Å². The van der Waals surface area contributed by atoms with E-state index < -0.39 is 0 Å². The number of hydrogen-bond acceptors (Lipinski definition) is 4. The lowest BCUT2D eigenvalue weighted by Gasteiger charge is -2.23. The minimum absolute atomic E-state index is 0.00468. The van der Waals surface area contributed by atoms with Gasteiger partial charge in [0.1, 0.15) is 0 Å². The molecule has 1 unspecified atom stereocenters. The fourth-order valence-corrected chi connectivity index (χ4v) is 2.02. The van der Waals surface area contributed by atoms with E-state index in [0.717, 1.165) is 18.4 Å². The van der Waals surface area contributed by atoms with Crippen molar-refractivity contribution in [2.24, 2.45) is 5.73 Å². The van der Waals surface area contributed by atoms with Crippen LogP contribution in [0.4, 0.5) is 0 Å². The second kappa shape index (κ2) is 9.05. The SMILES string of the molecule is CCCC(N)CC(=O)N(CCC#N)Cc1cccnc1. The molecule has 5 heteroatoms. The van der Waals surface area contributed by atoms with Crippen molar-refractivity contribution in [3.63, 3.8) is 0 Å².